The molecule has 2 aromatic rings. The lowest BCUT2D eigenvalue weighted by Crippen LogP contribution is -1.94. The van der Waals surface area contributed by atoms with E-state index in [1.54, 1.807) is 12.1 Å². The predicted molar refractivity (Wildman–Crippen MR) is 90.8 cm³/mol. The highest BCUT2D eigenvalue weighted by Gasteiger charge is 2.12. The van der Waals surface area contributed by atoms with E-state index in [9.17, 15) is 9.90 Å². The van der Waals surface area contributed by atoms with Crippen LogP contribution in [0.1, 0.15) is 41.3 Å². The van der Waals surface area contributed by atoms with Crippen molar-refractivity contribution in [3.05, 3.63) is 53.1 Å². The van der Waals surface area contributed by atoms with Gasteiger partial charge in [-0.05, 0) is 48.2 Å². The molecule has 2 rings (SSSR count). The van der Waals surface area contributed by atoms with Gasteiger partial charge < -0.3 is 9.84 Å². The molecule has 2 aromatic carbocycles. The van der Waals surface area contributed by atoms with Crippen molar-refractivity contribution in [3.63, 3.8) is 0 Å². The number of halogens is 1. The molecule has 0 aliphatic carbocycles. The number of rotatable bonds is 5. The van der Waals surface area contributed by atoms with Crippen LogP contribution >= 0.6 is 15.9 Å². The number of aromatic hydroxyl groups is 1. The zero-order valence-electron chi connectivity index (χ0n) is 12.8. The highest BCUT2D eigenvalue weighted by atomic mass is 79.9. The van der Waals surface area contributed by atoms with Gasteiger partial charge >= 0.3 is 0 Å². The van der Waals surface area contributed by atoms with Gasteiger partial charge in [0, 0.05) is 5.56 Å². The monoisotopic (exact) mass is 361 g/mol. The Morgan fingerprint density at radius 2 is 1.77 bits per heavy atom. The number of ether oxygens (including phenoxy) is 1. The highest BCUT2D eigenvalue weighted by molar-refractivity contribution is 9.09. The average Bonchev–Trinajstić information content (AvgIpc) is 2.50. The SMILES string of the molecule is Cc1cc(Oc2ccc(C(Br)[C]=O)cc2)cc(C(C)C)c1O. The van der Waals surface area contributed by atoms with Crippen molar-refractivity contribution in [1.82, 2.24) is 0 Å². The summed E-state index contributed by atoms with van der Waals surface area (Å²) in [6.07, 6.45) is 1.88. The Balaban J connectivity index is 2.25. The molecule has 1 unspecified atom stereocenters. The van der Waals surface area contributed by atoms with Crippen LogP contribution in [0, 0.1) is 6.92 Å². The van der Waals surface area contributed by atoms with Crippen molar-refractivity contribution in [2.75, 3.05) is 0 Å². The van der Waals surface area contributed by atoms with Gasteiger partial charge in [0.2, 0.25) is 6.29 Å². The quantitative estimate of drug-likeness (QED) is 0.747. The fourth-order valence-electron chi connectivity index (χ4n) is 2.18. The van der Waals surface area contributed by atoms with Crippen LogP contribution in [-0.2, 0) is 4.79 Å². The van der Waals surface area contributed by atoms with E-state index in [2.05, 4.69) is 15.9 Å². The second-order valence-electron chi connectivity index (χ2n) is 5.48. The van der Waals surface area contributed by atoms with E-state index in [1.807, 2.05) is 51.3 Å². The zero-order valence-corrected chi connectivity index (χ0v) is 14.3. The molecule has 0 heterocycles. The van der Waals surface area contributed by atoms with Crippen LogP contribution in [0.5, 0.6) is 17.2 Å². The van der Waals surface area contributed by atoms with Gasteiger partial charge in [0.25, 0.3) is 0 Å². The average molecular weight is 362 g/mol. The molecule has 3 nitrogen and oxygen atoms in total. The first kappa shape index (κ1) is 16.6. The summed E-state index contributed by atoms with van der Waals surface area (Å²) in [6, 6.07) is 10.9. The highest BCUT2D eigenvalue weighted by Crippen LogP contribution is 2.35. The Morgan fingerprint density at radius 1 is 1.14 bits per heavy atom. The summed E-state index contributed by atoms with van der Waals surface area (Å²) in [5.74, 6) is 1.89. The molecule has 0 amide bonds. The maximum Gasteiger partial charge on any atom is 0.217 e. The van der Waals surface area contributed by atoms with Gasteiger partial charge in [-0.1, -0.05) is 41.9 Å². The number of hydrogen-bond acceptors (Lipinski definition) is 3. The lowest BCUT2D eigenvalue weighted by Gasteiger charge is -2.14. The number of aryl methyl sites for hydroxylation is 1. The predicted octanol–water partition coefficient (Wildman–Crippen LogP) is 5.16. The molecule has 4 heteroatoms. The summed E-state index contributed by atoms with van der Waals surface area (Å²) < 4.78 is 5.85. The fraction of sp³-hybridized carbons (Fsp3) is 0.278. The molecular weight excluding hydrogens is 344 g/mol. The number of carbonyl (C=O) groups excluding carboxylic acids is 1. The summed E-state index contributed by atoms with van der Waals surface area (Å²) in [5.41, 5.74) is 2.48. The smallest absolute Gasteiger partial charge is 0.217 e. The summed E-state index contributed by atoms with van der Waals surface area (Å²) in [7, 11) is 0. The third kappa shape index (κ3) is 3.69. The molecule has 0 aliphatic rings. The minimum Gasteiger partial charge on any atom is -0.507 e. The van der Waals surface area contributed by atoms with Gasteiger partial charge in [0.1, 0.15) is 22.1 Å². The van der Waals surface area contributed by atoms with Crippen molar-refractivity contribution >= 4 is 22.2 Å². The Hall–Kier alpha value is -1.81. The Morgan fingerprint density at radius 3 is 2.32 bits per heavy atom. The van der Waals surface area contributed by atoms with Crippen molar-refractivity contribution in [2.45, 2.75) is 31.5 Å². The molecule has 0 spiro atoms. The van der Waals surface area contributed by atoms with Crippen LogP contribution in [0.2, 0.25) is 0 Å². The fourth-order valence-corrected chi connectivity index (χ4v) is 2.49. The van der Waals surface area contributed by atoms with Crippen LogP contribution in [0.4, 0.5) is 0 Å². The number of benzene rings is 2. The lowest BCUT2D eigenvalue weighted by atomic mass is 9.99. The van der Waals surface area contributed by atoms with Crippen LogP contribution in [0.25, 0.3) is 0 Å². The molecule has 1 N–H and O–H groups in total. The van der Waals surface area contributed by atoms with Crippen molar-refractivity contribution in [2.24, 2.45) is 0 Å². The van der Waals surface area contributed by atoms with Crippen molar-refractivity contribution < 1.29 is 14.6 Å². The summed E-state index contributed by atoms with van der Waals surface area (Å²) in [4.78, 5) is 10.2. The molecule has 0 saturated heterocycles. The van der Waals surface area contributed by atoms with Gasteiger partial charge in [-0.3, -0.25) is 4.79 Å². The molecular formula is C18H18BrO3. The zero-order chi connectivity index (χ0) is 16.3. The maximum atomic E-state index is 10.6. The topological polar surface area (TPSA) is 46.5 Å². The Kier molecular flexibility index (Phi) is 5.24. The second kappa shape index (κ2) is 6.97. The third-order valence-corrected chi connectivity index (χ3v) is 4.15. The minimum absolute atomic E-state index is 0.210. The van der Waals surface area contributed by atoms with Gasteiger partial charge in [0.05, 0.1) is 0 Å². The molecule has 0 fully saturated rings. The van der Waals surface area contributed by atoms with Gasteiger partial charge in [0.15, 0.2) is 0 Å². The molecule has 22 heavy (non-hydrogen) atoms. The molecule has 1 radical (unpaired) electrons. The Labute approximate surface area is 139 Å². The van der Waals surface area contributed by atoms with Gasteiger partial charge in [-0.15, -0.1) is 0 Å². The lowest BCUT2D eigenvalue weighted by molar-refractivity contribution is 0.450. The molecule has 0 bridgehead atoms. The van der Waals surface area contributed by atoms with Gasteiger partial charge in [-0.25, -0.2) is 0 Å². The molecule has 0 aliphatic heterocycles. The molecule has 0 saturated carbocycles. The summed E-state index contributed by atoms with van der Waals surface area (Å²) >= 11 is 3.23. The molecule has 1 atom stereocenters. The molecule has 0 aromatic heterocycles. The van der Waals surface area contributed by atoms with Crippen molar-refractivity contribution in [1.29, 1.82) is 0 Å². The van der Waals surface area contributed by atoms with E-state index in [0.29, 0.717) is 17.2 Å². The number of alkyl halides is 1. The maximum absolute atomic E-state index is 10.6. The van der Waals surface area contributed by atoms with Gasteiger partial charge in [-0.2, -0.15) is 0 Å². The number of hydrogen-bond donors (Lipinski definition) is 1. The first-order valence-corrected chi connectivity index (χ1v) is 7.97. The van der Waals surface area contributed by atoms with Crippen LogP contribution in [0.3, 0.4) is 0 Å². The van der Waals surface area contributed by atoms with E-state index in [1.165, 1.54) is 0 Å². The first-order chi connectivity index (χ1) is 10.4. The third-order valence-electron chi connectivity index (χ3n) is 3.44. The van der Waals surface area contributed by atoms with Crippen molar-refractivity contribution in [3.8, 4) is 17.2 Å². The van der Waals surface area contributed by atoms with E-state index in [4.69, 9.17) is 4.74 Å². The summed E-state index contributed by atoms with van der Waals surface area (Å²) in [6.45, 7) is 5.91. The standard InChI is InChI=1S/C18H18BrO3/c1-11(2)16-9-15(8-12(3)18(16)21)22-14-6-4-13(5-7-14)17(19)10-20/h4-9,11,17,21H,1-3H3. The van der Waals surface area contributed by atoms with E-state index in [0.717, 1.165) is 16.7 Å². The molecule has 115 valence electrons. The van der Waals surface area contributed by atoms with E-state index >= 15 is 0 Å². The van der Waals surface area contributed by atoms with Crippen LogP contribution < -0.4 is 4.74 Å². The minimum atomic E-state index is -0.426. The number of phenols is 1. The normalized spacial score (nSPS) is 12.2. The summed E-state index contributed by atoms with van der Waals surface area (Å²) in [5, 5.41) is 10.1. The first-order valence-electron chi connectivity index (χ1n) is 7.05. The number of phenolic OH excluding ortho intramolecular Hbond substituents is 1. The Bertz CT molecular complexity index is 663. The largest absolute Gasteiger partial charge is 0.507 e. The van der Waals surface area contributed by atoms with E-state index < -0.39 is 4.83 Å². The van der Waals surface area contributed by atoms with E-state index in [-0.39, 0.29) is 5.92 Å². The second-order valence-corrected chi connectivity index (χ2v) is 6.40. The van der Waals surface area contributed by atoms with Crippen LogP contribution in [-0.4, -0.2) is 11.4 Å². The van der Waals surface area contributed by atoms with Crippen LogP contribution in [0.15, 0.2) is 36.4 Å².